The largest absolute Gasteiger partial charge is 0.399 e. The first-order valence-electron chi connectivity index (χ1n) is 5.75. The van der Waals surface area contributed by atoms with E-state index in [1.165, 1.54) is 4.52 Å². The van der Waals surface area contributed by atoms with Gasteiger partial charge >= 0.3 is 5.69 Å². The third-order valence-electron chi connectivity index (χ3n) is 2.73. The summed E-state index contributed by atoms with van der Waals surface area (Å²) >= 11 is 0. The van der Waals surface area contributed by atoms with Gasteiger partial charge in [-0.05, 0) is 29.8 Å². The summed E-state index contributed by atoms with van der Waals surface area (Å²) in [6, 6.07) is 11.0. The molecule has 0 saturated carbocycles. The highest BCUT2D eigenvalue weighted by Gasteiger charge is 2.02. The van der Waals surface area contributed by atoms with Gasteiger partial charge in [0.15, 0.2) is 5.65 Å². The normalized spacial score (nSPS) is 10.7. The van der Waals surface area contributed by atoms with E-state index < -0.39 is 0 Å². The van der Waals surface area contributed by atoms with Gasteiger partial charge in [0.2, 0.25) is 0 Å². The van der Waals surface area contributed by atoms with Gasteiger partial charge in [-0.25, -0.2) is 9.89 Å². The van der Waals surface area contributed by atoms with E-state index in [4.69, 9.17) is 5.73 Å². The maximum absolute atomic E-state index is 11.4. The number of hydrogen-bond acceptors (Lipinski definition) is 5. The Kier molecular flexibility index (Phi) is 2.64. The molecule has 7 nitrogen and oxygen atoms in total. The standard InChI is InChI=1S/C12H12N6O/c13-9-3-1-8(2-4-9)7-14-10-5-6-11-15-16-12(19)18(11)17-10/h1-6H,7,13H2,(H,14,17)(H,16,19). The molecule has 0 fully saturated rings. The Balaban J connectivity index is 1.79. The fourth-order valence-corrected chi connectivity index (χ4v) is 1.73. The molecule has 1 aromatic carbocycles. The van der Waals surface area contributed by atoms with Crippen LogP contribution in [0.5, 0.6) is 0 Å². The Morgan fingerprint density at radius 3 is 2.79 bits per heavy atom. The average molecular weight is 256 g/mol. The van der Waals surface area contributed by atoms with Crippen LogP contribution < -0.4 is 16.7 Å². The number of nitrogens with zero attached hydrogens (tertiary/aromatic N) is 3. The zero-order valence-corrected chi connectivity index (χ0v) is 10.00. The molecule has 0 radical (unpaired) electrons. The number of nitrogens with two attached hydrogens (primary N) is 1. The summed E-state index contributed by atoms with van der Waals surface area (Å²) < 4.78 is 1.21. The zero-order chi connectivity index (χ0) is 13.2. The molecule has 4 N–H and O–H groups in total. The number of nitrogen functional groups attached to an aromatic ring is 1. The molecule has 3 aromatic rings. The number of H-pyrrole nitrogens is 1. The molecule has 0 spiro atoms. The van der Waals surface area contributed by atoms with Crippen LogP contribution in [0, 0.1) is 0 Å². The van der Waals surface area contributed by atoms with Crippen LogP contribution in [0.1, 0.15) is 5.56 Å². The topological polar surface area (TPSA) is 101 Å². The fourth-order valence-electron chi connectivity index (χ4n) is 1.73. The predicted octanol–water partition coefficient (Wildman–Crippen LogP) is 0.612. The lowest BCUT2D eigenvalue weighted by molar-refractivity contribution is 0.875. The van der Waals surface area contributed by atoms with Crippen LogP contribution in [0.15, 0.2) is 41.2 Å². The van der Waals surface area contributed by atoms with Crippen molar-refractivity contribution in [1.82, 2.24) is 19.8 Å². The van der Waals surface area contributed by atoms with Crippen molar-refractivity contribution in [1.29, 1.82) is 0 Å². The quantitative estimate of drug-likeness (QED) is 0.596. The number of anilines is 2. The van der Waals surface area contributed by atoms with Gasteiger partial charge in [-0.3, -0.25) is 0 Å². The summed E-state index contributed by atoms with van der Waals surface area (Å²) in [7, 11) is 0. The third kappa shape index (κ3) is 2.25. The fraction of sp³-hybridized carbons (Fsp3) is 0.0833. The van der Waals surface area contributed by atoms with Gasteiger partial charge in [0.25, 0.3) is 0 Å². The van der Waals surface area contributed by atoms with Gasteiger partial charge in [0, 0.05) is 12.2 Å². The van der Waals surface area contributed by atoms with E-state index in [2.05, 4.69) is 20.6 Å². The molecular weight excluding hydrogens is 244 g/mol. The van der Waals surface area contributed by atoms with Crippen LogP contribution >= 0.6 is 0 Å². The van der Waals surface area contributed by atoms with Crippen molar-refractivity contribution < 1.29 is 0 Å². The minimum Gasteiger partial charge on any atom is -0.399 e. The third-order valence-corrected chi connectivity index (χ3v) is 2.73. The first-order valence-corrected chi connectivity index (χ1v) is 5.75. The lowest BCUT2D eigenvalue weighted by Gasteiger charge is -2.05. The molecule has 0 unspecified atom stereocenters. The van der Waals surface area contributed by atoms with E-state index in [1.807, 2.05) is 24.3 Å². The summed E-state index contributed by atoms with van der Waals surface area (Å²) in [5.41, 5.74) is 7.56. The van der Waals surface area contributed by atoms with Crippen LogP contribution in [0.25, 0.3) is 5.65 Å². The number of hydrogen-bond donors (Lipinski definition) is 3. The van der Waals surface area contributed by atoms with Gasteiger partial charge in [0.05, 0.1) is 0 Å². The minimum absolute atomic E-state index is 0.355. The van der Waals surface area contributed by atoms with Gasteiger partial charge in [-0.1, -0.05) is 12.1 Å². The van der Waals surface area contributed by atoms with E-state index in [-0.39, 0.29) is 5.69 Å². The van der Waals surface area contributed by atoms with E-state index in [1.54, 1.807) is 12.1 Å². The van der Waals surface area contributed by atoms with Crippen LogP contribution in [0.4, 0.5) is 11.5 Å². The number of aromatic amines is 1. The lowest BCUT2D eigenvalue weighted by atomic mass is 10.2. The number of nitrogens with one attached hydrogen (secondary N) is 2. The van der Waals surface area contributed by atoms with E-state index in [9.17, 15) is 4.79 Å². The molecule has 3 rings (SSSR count). The first kappa shape index (κ1) is 11.3. The van der Waals surface area contributed by atoms with Crippen molar-refractivity contribution in [2.45, 2.75) is 6.54 Å². The SMILES string of the molecule is Nc1ccc(CNc2ccc3n[nH]c(=O)n3n2)cc1. The van der Waals surface area contributed by atoms with Crippen LogP contribution in [0.3, 0.4) is 0 Å². The maximum Gasteiger partial charge on any atom is 0.364 e. The van der Waals surface area contributed by atoms with Crippen molar-refractivity contribution in [2.24, 2.45) is 0 Å². The van der Waals surface area contributed by atoms with Gasteiger partial charge in [-0.2, -0.15) is 9.61 Å². The monoisotopic (exact) mass is 256 g/mol. The molecule has 0 aliphatic carbocycles. The molecular formula is C12H12N6O. The summed E-state index contributed by atoms with van der Waals surface area (Å²) in [5, 5.41) is 13.4. The second kappa shape index (κ2) is 4.45. The Bertz CT molecular complexity index is 758. The average Bonchev–Trinajstić information content (AvgIpc) is 2.80. The zero-order valence-electron chi connectivity index (χ0n) is 10.00. The molecule has 2 aromatic heterocycles. The summed E-state index contributed by atoms with van der Waals surface area (Å²) in [6.45, 7) is 0.603. The van der Waals surface area contributed by atoms with Crippen LogP contribution in [0.2, 0.25) is 0 Å². The molecule has 0 amide bonds. The number of benzene rings is 1. The molecule has 0 atom stereocenters. The second-order valence-corrected chi connectivity index (χ2v) is 4.11. The van der Waals surface area contributed by atoms with Crippen molar-refractivity contribution in [3.05, 3.63) is 52.4 Å². The van der Waals surface area contributed by atoms with Crippen LogP contribution in [-0.2, 0) is 6.54 Å². The van der Waals surface area contributed by atoms with Crippen molar-refractivity contribution in [2.75, 3.05) is 11.1 Å². The molecule has 0 bridgehead atoms. The first-order chi connectivity index (χ1) is 9.22. The Morgan fingerprint density at radius 2 is 2.00 bits per heavy atom. The highest BCUT2D eigenvalue weighted by molar-refractivity contribution is 5.44. The highest BCUT2D eigenvalue weighted by atomic mass is 16.2. The van der Waals surface area contributed by atoms with Crippen molar-refractivity contribution >= 4 is 17.2 Å². The summed E-state index contributed by atoms with van der Waals surface area (Å²) in [4.78, 5) is 11.4. The molecule has 0 aliphatic heterocycles. The number of fused-ring (bicyclic) bond motifs is 1. The molecule has 2 heterocycles. The van der Waals surface area contributed by atoms with Gasteiger partial charge < -0.3 is 11.1 Å². The summed E-state index contributed by atoms with van der Waals surface area (Å²) in [6.07, 6.45) is 0. The second-order valence-electron chi connectivity index (χ2n) is 4.11. The Labute approximate surface area is 108 Å². The van der Waals surface area contributed by atoms with E-state index in [0.29, 0.717) is 18.0 Å². The minimum atomic E-state index is -0.355. The molecule has 0 aliphatic rings. The number of rotatable bonds is 3. The Hall–Kier alpha value is -2.83. The summed E-state index contributed by atoms with van der Waals surface area (Å²) in [5.74, 6) is 0.604. The van der Waals surface area contributed by atoms with E-state index >= 15 is 0 Å². The van der Waals surface area contributed by atoms with Crippen LogP contribution in [-0.4, -0.2) is 19.8 Å². The number of aromatic nitrogens is 4. The van der Waals surface area contributed by atoms with Crippen molar-refractivity contribution in [3.8, 4) is 0 Å². The lowest BCUT2D eigenvalue weighted by Crippen LogP contribution is -2.13. The molecule has 96 valence electrons. The molecule has 0 saturated heterocycles. The Morgan fingerprint density at radius 1 is 1.21 bits per heavy atom. The maximum atomic E-state index is 11.4. The van der Waals surface area contributed by atoms with Crippen molar-refractivity contribution in [3.63, 3.8) is 0 Å². The molecule has 19 heavy (non-hydrogen) atoms. The molecule has 7 heteroatoms. The highest BCUT2D eigenvalue weighted by Crippen LogP contribution is 2.08. The van der Waals surface area contributed by atoms with E-state index in [0.717, 1.165) is 11.3 Å². The van der Waals surface area contributed by atoms with Gasteiger partial charge in [-0.15, -0.1) is 5.10 Å². The van der Waals surface area contributed by atoms with Gasteiger partial charge in [0.1, 0.15) is 5.82 Å². The predicted molar refractivity (Wildman–Crippen MR) is 71.8 cm³/mol. The smallest absolute Gasteiger partial charge is 0.364 e.